The van der Waals surface area contributed by atoms with Gasteiger partial charge < -0.3 is 15.6 Å². The van der Waals surface area contributed by atoms with Crippen LogP contribution in [0, 0.1) is 0 Å². The average Bonchev–Trinajstić information content (AvgIpc) is 2.92. The number of hydrogen-bond donors (Lipinski definition) is 2. The Morgan fingerprint density at radius 2 is 1.92 bits per heavy atom. The number of rotatable bonds is 7. The molecule has 3 N–H and O–H groups in total. The lowest BCUT2D eigenvalue weighted by Gasteiger charge is -2.10. The number of primary amides is 1. The monoisotopic (exact) mass is 322 g/mol. The second kappa shape index (κ2) is 7.17. The second-order valence-electron chi connectivity index (χ2n) is 5.86. The lowest BCUT2D eigenvalue weighted by atomic mass is 10.1. The number of nitrogens with one attached hydrogen (secondary N) is 1. The van der Waals surface area contributed by atoms with E-state index in [-0.39, 0.29) is 12.3 Å². The van der Waals surface area contributed by atoms with E-state index >= 15 is 0 Å². The summed E-state index contributed by atoms with van der Waals surface area (Å²) in [5.41, 5.74) is 9.34. The molecule has 0 atom stereocenters. The molecule has 0 aliphatic heterocycles. The second-order valence-corrected chi connectivity index (χ2v) is 5.86. The molecule has 0 bridgehead atoms. The van der Waals surface area contributed by atoms with Gasteiger partial charge in [0.2, 0.25) is 5.91 Å². The Balaban J connectivity index is 1.75. The number of hydrogen-bond acceptors (Lipinski definition) is 3. The van der Waals surface area contributed by atoms with E-state index in [0.29, 0.717) is 6.54 Å². The SMILES string of the molecule is CCCn1c(CNc2ccc(CC(N)=O)cc2)nc2ccccc21. The first kappa shape index (κ1) is 16.1. The minimum absolute atomic E-state index is 0.270. The zero-order valence-electron chi connectivity index (χ0n) is 13.8. The molecule has 0 aliphatic carbocycles. The Morgan fingerprint density at radius 1 is 1.17 bits per heavy atom. The standard InChI is InChI=1S/C19H22N4O/c1-2-11-23-17-6-4-3-5-16(17)22-19(23)13-21-15-9-7-14(8-10-15)12-18(20)24/h3-10,21H,2,11-13H2,1H3,(H2,20,24). The molecule has 5 nitrogen and oxygen atoms in total. The third-order valence-corrected chi connectivity index (χ3v) is 3.96. The molecule has 0 unspecified atom stereocenters. The van der Waals surface area contributed by atoms with Crippen molar-refractivity contribution >= 4 is 22.6 Å². The van der Waals surface area contributed by atoms with Gasteiger partial charge in [-0.3, -0.25) is 4.79 Å². The number of benzene rings is 2. The molecule has 2 aromatic carbocycles. The summed E-state index contributed by atoms with van der Waals surface area (Å²) in [4.78, 5) is 15.7. The van der Waals surface area contributed by atoms with Crippen LogP contribution >= 0.6 is 0 Å². The van der Waals surface area contributed by atoms with E-state index in [4.69, 9.17) is 10.7 Å². The number of carbonyl (C=O) groups excluding carboxylic acids is 1. The molecule has 1 aromatic heterocycles. The Bertz CT molecular complexity index is 836. The van der Waals surface area contributed by atoms with Gasteiger partial charge in [0, 0.05) is 12.2 Å². The smallest absolute Gasteiger partial charge is 0.221 e. The zero-order valence-corrected chi connectivity index (χ0v) is 13.8. The van der Waals surface area contributed by atoms with E-state index in [2.05, 4.69) is 22.9 Å². The number of amides is 1. The topological polar surface area (TPSA) is 72.9 Å². The van der Waals surface area contributed by atoms with Gasteiger partial charge in [0.1, 0.15) is 5.82 Å². The third kappa shape index (κ3) is 3.56. The van der Waals surface area contributed by atoms with Crippen LogP contribution in [-0.4, -0.2) is 15.5 Å². The van der Waals surface area contributed by atoms with Crippen molar-refractivity contribution in [3.63, 3.8) is 0 Å². The van der Waals surface area contributed by atoms with Crippen molar-refractivity contribution in [1.29, 1.82) is 0 Å². The molecule has 0 fully saturated rings. The Labute approximate surface area is 141 Å². The number of fused-ring (bicyclic) bond motifs is 1. The summed E-state index contributed by atoms with van der Waals surface area (Å²) in [5, 5.41) is 3.40. The van der Waals surface area contributed by atoms with Gasteiger partial charge in [-0.2, -0.15) is 0 Å². The Morgan fingerprint density at radius 3 is 2.62 bits per heavy atom. The quantitative estimate of drug-likeness (QED) is 0.702. The summed E-state index contributed by atoms with van der Waals surface area (Å²) >= 11 is 0. The van der Waals surface area contributed by atoms with Crippen LogP contribution < -0.4 is 11.1 Å². The van der Waals surface area contributed by atoms with Crippen molar-refractivity contribution in [2.75, 3.05) is 5.32 Å². The highest BCUT2D eigenvalue weighted by atomic mass is 16.1. The molecule has 24 heavy (non-hydrogen) atoms. The summed E-state index contributed by atoms with van der Waals surface area (Å²) in [6.45, 7) is 3.78. The summed E-state index contributed by atoms with van der Waals surface area (Å²) in [7, 11) is 0. The minimum Gasteiger partial charge on any atom is -0.378 e. The first-order valence-corrected chi connectivity index (χ1v) is 8.22. The minimum atomic E-state index is -0.316. The normalized spacial score (nSPS) is 10.9. The lowest BCUT2D eigenvalue weighted by molar-refractivity contribution is -0.117. The van der Waals surface area contributed by atoms with E-state index in [1.54, 1.807) is 0 Å². The van der Waals surface area contributed by atoms with Gasteiger partial charge in [0.25, 0.3) is 0 Å². The number of para-hydroxylation sites is 2. The van der Waals surface area contributed by atoms with E-state index < -0.39 is 0 Å². The highest BCUT2D eigenvalue weighted by Crippen LogP contribution is 2.18. The molecule has 1 heterocycles. The number of anilines is 1. The van der Waals surface area contributed by atoms with Crippen molar-refractivity contribution in [2.45, 2.75) is 32.9 Å². The molecule has 0 saturated carbocycles. The predicted octanol–water partition coefficient (Wildman–Crippen LogP) is 3.09. The highest BCUT2D eigenvalue weighted by Gasteiger charge is 2.09. The number of carbonyl (C=O) groups is 1. The number of aromatic nitrogens is 2. The van der Waals surface area contributed by atoms with Crippen LogP contribution in [0.5, 0.6) is 0 Å². The summed E-state index contributed by atoms with van der Waals surface area (Å²) < 4.78 is 2.27. The van der Waals surface area contributed by atoms with Crippen LogP contribution in [0.4, 0.5) is 5.69 Å². The molecular weight excluding hydrogens is 300 g/mol. The van der Waals surface area contributed by atoms with Gasteiger partial charge in [-0.1, -0.05) is 31.2 Å². The predicted molar refractivity (Wildman–Crippen MR) is 96.7 cm³/mol. The third-order valence-electron chi connectivity index (χ3n) is 3.96. The van der Waals surface area contributed by atoms with Crippen molar-refractivity contribution in [1.82, 2.24) is 9.55 Å². The Hall–Kier alpha value is -2.82. The van der Waals surface area contributed by atoms with E-state index in [1.807, 2.05) is 42.5 Å². The van der Waals surface area contributed by atoms with Gasteiger partial charge in [-0.25, -0.2) is 4.98 Å². The van der Waals surface area contributed by atoms with Crippen LogP contribution in [0.3, 0.4) is 0 Å². The van der Waals surface area contributed by atoms with Crippen molar-refractivity contribution < 1.29 is 4.79 Å². The number of imidazole rings is 1. The fourth-order valence-corrected chi connectivity index (χ4v) is 2.86. The van der Waals surface area contributed by atoms with Gasteiger partial charge in [0.05, 0.1) is 24.0 Å². The fourth-order valence-electron chi connectivity index (χ4n) is 2.86. The largest absolute Gasteiger partial charge is 0.378 e. The molecule has 124 valence electrons. The van der Waals surface area contributed by atoms with Crippen molar-refractivity contribution in [2.24, 2.45) is 5.73 Å². The molecule has 0 radical (unpaired) electrons. The molecular formula is C19H22N4O. The van der Waals surface area contributed by atoms with Crippen molar-refractivity contribution in [3.05, 3.63) is 59.9 Å². The number of nitrogens with two attached hydrogens (primary N) is 1. The molecule has 0 saturated heterocycles. The van der Waals surface area contributed by atoms with E-state index in [0.717, 1.165) is 35.6 Å². The van der Waals surface area contributed by atoms with Gasteiger partial charge in [-0.15, -0.1) is 0 Å². The lowest BCUT2D eigenvalue weighted by Crippen LogP contribution is -2.13. The highest BCUT2D eigenvalue weighted by molar-refractivity contribution is 5.77. The van der Waals surface area contributed by atoms with Crippen LogP contribution in [-0.2, 0) is 24.3 Å². The van der Waals surface area contributed by atoms with Crippen LogP contribution in [0.25, 0.3) is 11.0 Å². The number of aryl methyl sites for hydroxylation is 1. The molecule has 0 spiro atoms. The average molecular weight is 322 g/mol. The van der Waals surface area contributed by atoms with Gasteiger partial charge in [0.15, 0.2) is 0 Å². The Kier molecular flexibility index (Phi) is 4.79. The van der Waals surface area contributed by atoms with E-state index in [9.17, 15) is 4.79 Å². The summed E-state index contributed by atoms with van der Waals surface area (Å²) in [5.74, 6) is 0.711. The summed E-state index contributed by atoms with van der Waals surface area (Å²) in [6, 6.07) is 16.0. The van der Waals surface area contributed by atoms with Crippen molar-refractivity contribution in [3.8, 4) is 0 Å². The zero-order chi connectivity index (χ0) is 16.9. The first-order valence-electron chi connectivity index (χ1n) is 8.22. The maximum atomic E-state index is 10.9. The van der Waals surface area contributed by atoms with Crippen LogP contribution in [0.2, 0.25) is 0 Å². The van der Waals surface area contributed by atoms with Crippen LogP contribution in [0.1, 0.15) is 24.7 Å². The number of nitrogens with zero attached hydrogens (tertiary/aromatic N) is 2. The molecule has 3 rings (SSSR count). The molecule has 5 heteroatoms. The maximum absolute atomic E-state index is 10.9. The molecule has 1 amide bonds. The first-order chi connectivity index (χ1) is 11.7. The van der Waals surface area contributed by atoms with E-state index in [1.165, 1.54) is 5.52 Å². The maximum Gasteiger partial charge on any atom is 0.221 e. The molecule has 0 aliphatic rings. The van der Waals surface area contributed by atoms with Gasteiger partial charge >= 0.3 is 0 Å². The van der Waals surface area contributed by atoms with Gasteiger partial charge in [-0.05, 0) is 36.2 Å². The van der Waals surface area contributed by atoms with Crippen LogP contribution in [0.15, 0.2) is 48.5 Å². The summed E-state index contributed by atoms with van der Waals surface area (Å²) in [6.07, 6.45) is 1.34. The molecule has 3 aromatic rings. The fraction of sp³-hybridized carbons (Fsp3) is 0.263.